The summed E-state index contributed by atoms with van der Waals surface area (Å²) < 4.78 is 1.83. The molecule has 0 bridgehead atoms. The van der Waals surface area contributed by atoms with Gasteiger partial charge in [-0.1, -0.05) is 23.7 Å². The van der Waals surface area contributed by atoms with E-state index >= 15 is 0 Å². The number of rotatable bonds is 4. The number of hydrogen-bond acceptors (Lipinski definition) is 4. The molecule has 0 saturated carbocycles. The van der Waals surface area contributed by atoms with Crippen molar-refractivity contribution in [3.63, 3.8) is 0 Å². The van der Waals surface area contributed by atoms with Crippen molar-refractivity contribution in [3.8, 4) is 0 Å². The zero-order valence-electron chi connectivity index (χ0n) is 15.6. The normalized spacial score (nSPS) is 16.9. The number of halogens is 1. The quantitative estimate of drug-likeness (QED) is 0.728. The summed E-state index contributed by atoms with van der Waals surface area (Å²) in [7, 11) is 0. The summed E-state index contributed by atoms with van der Waals surface area (Å²) in [5.41, 5.74) is 1.99. The van der Waals surface area contributed by atoms with Gasteiger partial charge in [0.1, 0.15) is 0 Å². The van der Waals surface area contributed by atoms with Crippen molar-refractivity contribution in [1.29, 1.82) is 0 Å². The number of nitrogens with zero attached hydrogens (tertiary/aromatic N) is 4. The number of carbonyl (C=O) groups is 2. The van der Waals surface area contributed by atoms with E-state index in [1.54, 1.807) is 35.5 Å². The SMILES string of the molecule is CC(C)n1ncc2cc(NC(=O)[C@H]3CC(=O)N(c4ccccc4Cl)C3)cnc21. The summed E-state index contributed by atoms with van der Waals surface area (Å²) in [6.07, 6.45) is 3.50. The first-order valence-electron chi connectivity index (χ1n) is 9.13. The lowest BCUT2D eigenvalue weighted by Crippen LogP contribution is -2.28. The van der Waals surface area contributed by atoms with Gasteiger partial charge in [-0.15, -0.1) is 0 Å². The second-order valence-electron chi connectivity index (χ2n) is 7.17. The summed E-state index contributed by atoms with van der Waals surface area (Å²) in [6.45, 7) is 4.37. The van der Waals surface area contributed by atoms with E-state index in [4.69, 9.17) is 11.6 Å². The lowest BCUT2D eigenvalue weighted by molar-refractivity contribution is -0.122. The molecule has 2 amide bonds. The van der Waals surface area contributed by atoms with E-state index in [1.165, 1.54) is 0 Å². The lowest BCUT2D eigenvalue weighted by atomic mass is 10.1. The van der Waals surface area contributed by atoms with Gasteiger partial charge in [0.05, 0.1) is 34.7 Å². The highest BCUT2D eigenvalue weighted by atomic mass is 35.5. The van der Waals surface area contributed by atoms with Crippen molar-refractivity contribution in [2.45, 2.75) is 26.3 Å². The Hall–Kier alpha value is -2.93. The first-order chi connectivity index (χ1) is 13.4. The van der Waals surface area contributed by atoms with Crippen molar-refractivity contribution >= 4 is 45.8 Å². The predicted molar refractivity (Wildman–Crippen MR) is 108 cm³/mol. The van der Waals surface area contributed by atoms with Crippen molar-refractivity contribution < 1.29 is 9.59 Å². The van der Waals surface area contributed by atoms with Crippen LogP contribution in [-0.4, -0.2) is 33.1 Å². The van der Waals surface area contributed by atoms with E-state index in [0.29, 0.717) is 22.9 Å². The Kier molecular flexibility index (Phi) is 4.77. The molecule has 1 atom stereocenters. The molecule has 0 aliphatic carbocycles. The minimum atomic E-state index is -0.446. The zero-order chi connectivity index (χ0) is 19.8. The highest BCUT2D eigenvalue weighted by Crippen LogP contribution is 2.31. The van der Waals surface area contributed by atoms with Gasteiger partial charge in [0, 0.05) is 24.4 Å². The third kappa shape index (κ3) is 3.33. The van der Waals surface area contributed by atoms with Crippen LogP contribution in [0.25, 0.3) is 11.0 Å². The molecule has 1 aliphatic heterocycles. The van der Waals surface area contributed by atoms with Gasteiger partial charge >= 0.3 is 0 Å². The van der Waals surface area contributed by atoms with Crippen LogP contribution in [0.15, 0.2) is 42.7 Å². The Morgan fingerprint density at radius 2 is 2.07 bits per heavy atom. The fraction of sp³-hybridized carbons (Fsp3) is 0.300. The maximum absolute atomic E-state index is 12.7. The number of nitrogens with one attached hydrogen (secondary N) is 1. The van der Waals surface area contributed by atoms with Gasteiger partial charge in [-0.3, -0.25) is 9.59 Å². The number of para-hydroxylation sites is 1. The standard InChI is InChI=1S/C20H20ClN5O2/c1-12(2)26-19-13(9-23-26)7-15(10-22-19)24-20(28)14-8-18(27)25(11-14)17-6-4-3-5-16(17)21/h3-7,9-10,12,14H,8,11H2,1-2H3,(H,24,28)/t14-/m0/s1. The summed E-state index contributed by atoms with van der Waals surface area (Å²) in [4.78, 5) is 31.1. The molecule has 4 rings (SSSR count). The maximum atomic E-state index is 12.7. The Balaban J connectivity index is 1.49. The highest BCUT2D eigenvalue weighted by Gasteiger charge is 2.35. The van der Waals surface area contributed by atoms with Gasteiger partial charge in [-0.2, -0.15) is 5.10 Å². The largest absolute Gasteiger partial charge is 0.324 e. The topological polar surface area (TPSA) is 80.1 Å². The molecule has 1 aliphatic rings. The van der Waals surface area contributed by atoms with Crippen molar-refractivity contribution in [1.82, 2.24) is 14.8 Å². The number of fused-ring (bicyclic) bond motifs is 1. The Morgan fingerprint density at radius 1 is 1.29 bits per heavy atom. The van der Waals surface area contributed by atoms with Crippen molar-refractivity contribution in [3.05, 3.63) is 47.7 Å². The number of hydrogen-bond donors (Lipinski definition) is 1. The number of anilines is 2. The van der Waals surface area contributed by atoms with E-state index in [9.17, 15) is 9.59 Å². The van der Waals surface area contributed by atoms with Crippen LogP contribution in [0.4, 0.5) is 11.4 Å². The molecule has 0 unspecified atom stereocenters. The molecular formula is C20H20ClN5O2. The van der Waals surface area contributed by atoms with Crippen LogP contribution >= 0.6 is 11.6 Å². The third-order valence-corrected chi connectivity index (χ3v) is 5.15. The Labute approximate surface area is 167 Å². The van der Waals surface area contributed by atoms with Crippen LogP contribution in [0.2, 0.25) is 5.02 Å². The van der Waals surface area contributed by atoms with E-state index in [2.05, 4.69) is 15.4 Å². The minimum Gasteiger partial charge on any atom is -0.324 e. The number of amides is 2. The molecule has 0 radical (unpaired) electrons. The fourth-order valence-electron chi connectivity index (χ4n) is 3.42. The zero-order valence-corrected chi connectivity index (χ0v) is 16.3. The fourth-order valence-corrected chi connectivity index (χ4v) is 3.66. The van der Waals surface area contributed by atoms with Gasteiger partial charge in [0.2, 0.25) is 11.8 Å². The van der Waals surface area contributed by atoms with E-state index in [-0.39, 0.29) is 24.3 Å². The van der Waals surface area contributed by atoms with Crippen molar-refractivity contribution in [2.75, 3.05) is 16.8 Å². The monoisotopic (exact) mass is 397 g/mol. The van der Waals surface area contributed by atoms with Crippen LogP contribution in [-0.2, 0) is 9.59 Å². The average Bonchev–Trinajstić information content (AvgIpc) is 3.25. The summed E-state index contributed by atoms with van der Waals surface area (Å²) in [5, 5.41) is 8.55. The second-order valence-corrected chi connectivity index (χ2v) is 7.57. The molecule has 2 aromatic heterocycles. The third-order valence-electron chi connectivity index (χ3n) is 4.83. The van der Waals surface area contributed by atoms with Crippen LogP contribution in [0, 0.1) is 5.92 Å². The van der Waals surface area contributed by atoms with Gasteiger partial charge in [0.15, 0.2) is 5.65 Å². The number of carbonyl (C=O) groups excluding carboxylic acids is 2. The summed E-state index contributed by atoms with van der Waals surface area (Å²) in [6, 6.07) is 9.18. The molecule has 7 nitrogen and oxygen atoms in total. The number of pyridine rings is 1. The predicted octanol–water partition coefficient (Wildman–Crippen LogP) is 3.66. The van der Waals surface area contributed by atoms with Crippen LogP contribution < -0.4 is 10.2 Å². The van der Waals surface area contributed by atoms with Crippen LogP contribution in [0.1, 0.15) is 26.3 Å². The smallest absolute Gasteiger partial charge is 0.229 e. The molecule has 3 aromatic rings. The molecule has 0 spiro atoms. The van der Waals surface area contributed by atoms with E-state index < -0.39 is 5.92 Å². The first kappa shape index (κ1) is 18.4. The Morgan fingerprint density at radius 3 is 2.82 bits per heavy atom. The molecule has 3 heterocycles. The van der Waals surface area contributed by atoms with Crippen molar-refractivity contribution in [2.24, 2.45) is 5.92 Å². The molecule has 1 N–H and O–H groups in total. The Bertz CT molecular complexity index is 1060. The first-order valence-corrected chi connectivity index (χ1v) is 9.51. The molecule has 28 heavy (non-hydrogen) atoms. The maximum Gasteiger partial charge on any atom is 0.229 e. The molecule has 144 valence electrons. The molecular weight excluding hydrogens is 378 g/mol. The van der Waals surface area contributed by atoms with Crippen LogP contribution in [0.3, 0.4) is 0 Å². The number of benzene rings is 1. The van der Waals surface area contributed by atoms with Gasteiger partial charge in [0.25, 0.3) is 0 Å². The summed E-state index contributed by atoms with van der Waals surface area (Å²) >= 11 is 6.20. The van der Waals surface area contributed by atoms with E-state index in [1.807, 2.05) is 30.7 Å². The van der Waals surface area contributed by atoms with Gasteiger partial charge < -0.3 is 10.2 Å². The van der Waals surface area contributed by atoms with Crippen LogP contribution in [0.5, 0.6) is 0 Å². The average molecular weight is 398 g/mol. The number of aromatic nitrogens is 3. The summed E-state index contributed by atoms with van der Waals surface area (Å²) in [5.74, 6) is -0.766. The molecule has 1 fully saturated rings. The van der Waals surface area contributed by atoms with E-state index in [0.717, 1.165) is 11.0 Å². The minimum absolute atomic E-state index is 0.111. The lowest BCUT2D eigenvalue weighted by Gasteiger charge is -2.18. The molecule has 8 heteroatoms. The molecule has 1 saturated heterocycles. The highest BCUT2D eigenvalue weighted by molar-refractivity contribution is 6.33. The van der Waals surface area contributed by atoms with Gasteiger partial charge in [-0.25, -0.2) is 9.67 Å². The van der Waals surface area contributed by atoms with Gasteiger partial charge in [-0.05, 0) is 32.0 Å². The second kappa shape index (κ2) is 7.24. The molecule has 1 aromatic carbocycles.